The molecule has 3 N–H and O–H groups in total. The van der Waals surface area contributed by atoms with Crippen molar-refractivity contribution >= 4 is 24.0 Å². The van der Waals surface area contributed by atoms with Crippen LogP contribution in [0, 0.1) is 11.6 Å². The van der Waals surface area contributed by atoms with Crippen LogP contribution in [0.15, 0.2) is 18.2 Å². The lowest BCUT2D eigenvalue weighted by atomic mass is 10.2. The van der Waals surface area contributed by atoms with E-state index in [4.69, 9.17) is 5.73 Å². The summed E-state index contributed by atoms with van der Waals surface area (Å²) >= 11 is 0. The zero-order valence-corrected chi connectivity index (χ0v) is 10.2. The standard InChI is InChI=1S/C11H14F2N2O.ClH/c1-7(14)2-3-11(16)15-10-5-8(12)4-9(13)6-10;/h4-7H,2-3,14H2,1H3,(H,15,16);1H. The van der Waals surface area contributed by atoms with Gasteiger partial charge in [0, 0.05) is 24.2 Å². The molecule has 1 aromatic carbocycles. The molecule has 0 saturated carbocycles. The van der Waals surface area contributed by atoms with E-state index in [1.807, 2.05) is 0 Å². The van der Waals surface area contributed by atoms with Crippen LogP contribution >= 0.6 is 12.4 Å². The first-order valence-electron chi connectivity index (χ1n) is 4.99. The third kappa shape index (κ3) is 6.19. The van der Waals surface area contributed by atoms with Gasteiger partial charge in [-0.05, 0) is 25.5 Å². The van der Waals surface area contributed by atoms with Gasteiger partial charge in [0.1, 0.15) is 11.6 Å². The van der Waals surface area contributed by atoms with Crippen LogP contribution in [0.5, 0.6) is 0 Å². The fourth-order valence-corrected chi connectivity index (χ4v) is 1.21. The number of hydrogen-bond acceptors (Lipinski definition) is 2. The van der Waals surface area contributed by atoms with Crippen molar-refractivity contribution in [2.45, 2.75) is 25.8 Å². The van der Waals surface area contributed by atoms with Crippen LogP contribution in [0.2, 0.25) is 0 Å². The van der Waals surface area contributed by atoms with Crippen LogP contribution in [0.1, 0.15) is 19.8 Å². The van der Waals surface area contributed by atoms with E-state index < -0.39 is 11.6 Å². The maximum atomic E-state index is 12.8. The first kappa shape index (κ1) is 15.8. The molecule has 0 heterocycles. The Morgan fingerprint density at radius 3 is 2.35 bits per heavy atom. The summed E-state index contributed by atoms with van der Waals surface area (Å²) in [4.78, 5) is 11.3. The lowest BCUT2D eigenvalue weighted by Crippen LogP contribution is -2.19. The summed E-state index contributed by atoms with van der Waals surface area (Å²) in [6, 6.07) is 2.80. The Bertz CT molecular complexity index is 365. The summed E-state index contributed by atoms with van der Waals surface area (Å²) in [5.41, 5.74) is 5.60. The monoisotopic (exact) mass is 264 g/mol. The molecule has 3 nitrogen and oxygen atoms in total. The number of nitrogens with one attached hydrogen (secondary N) is 1. The molecule has 1 unspecified atom stereocenters. The van der Waals surface area contributed by atoms with Crippen LogP contribution in [0.25, 0.3) is 0 Å². The Labute approximate surface area is 105 Å². The normalized spacial score (nSPS) is 11.5. The lowest BCUT2D eigenvalue weighted by molar-refractivity contribution is -0.116. The predicted octanol–water partition coefficient (Wildman–Crippen LogP) is 2.45. The van der Waals surface area contributed by atoms with Crippen molar-refractivity contribution in [2.24, 2.45) is 5.73 Å². The topological polar surface area (TPSA) is 55.1 Å². The van der Waals surface area contributed by atoms with Gasteiger partial charge in [0.25, 0.3) is 0 Å². The Kier molecular flexibility index (Phi) is 6.68. The number of carbonyl (C=O) groups excluding carboxylic acids is 1. The number of hydrogen-bond donors (Lipinski definition) is 2. The molecule has 0 aromatic heterocycles. The lowest BCUT2D eigenvalue weighted by Gasteiger charge is -2.07. The number of halogens is 3. The molecule has 6 heteroatoms. The number of carbonyl (C=O) groups is 1. The Hall–Kier alpha value is -1.20. The van der Waals surface area contributed by atoms with Crippen molar-refractivity contribution in [2.75, 3.05) is 5.32 Å². The van der Waals surface area contributed by atoms with Crippen molar-refractivity contribution in [1.29, 1.82) is 0 Å². The maximum Gasteiger partial charge on any atom is 0.224 e. The van der Waals surface area contributed by atoms with Gasteiger partial charge in [0.15, 0.2) is 0 Å². The molecule has 0 aliphatic heterocycles. The van der Waals surface area contributed by atoms with Gasteiger partial charge in [0.05, 0.1) is 0 Å². The summed E-state index contributed by atoms with van der Waals surface area (Å²) in [5.74, 6) is -1.74. The fourth-order valence-electron chi connectivity index (χ4n) is 1.21. The number of benzene rings is 1. The largest absolute Gasteiger partial charge is 0.328 e. The van der Waals surface area contributed by atoms with Gasteiger partial charge in [-0.25, -0.2) is 8.78 Å². The van der Waals surface area contributed by atoms with E-state index in [1.165, 1.54) is 0 Å². The predicted molar refractivity (Wildman–Crippen MR) is 65.1 cm³/mol. The van der Waals surface area contributed by atoms with Gasteiger partial charge in [-0.3, -0.25) is 4.79 Å². The first-order chi connectivity index (χ1) is 7.47. The van der Waals surface area contributed by atoms with E-state index in [9.17, 15) is 13.6 Å². The highest BCUT2D eigenvalue weighted by Gasteiger charge is 2.06. The SMILES string of the molecule is CC(N)CCC(=O)Nc1cc(F)cc(F)c1.Cl. The number of amides is 1. The summed E-state index contributed by atoms with van der Waals surface area (Å²) in [6.07, 6.45) is 0.763. The van der Waals surface area contributed by atoms with Crippen LogP contribution < -0.4 is 11.1 Å². The molecule has 0 radical (unpaired) electrons. The highest BCUT2D eigenvalue weighted by Crippen LogP contribution is 2.13. The highest BCUT2D eigenvalue weighted by molar-refractivity contribution is 5.90. The van der Waals surface area contributed by atoms with Gasteiger partial charge >= 0.3 is 0 Å². The minimum Gasteiger partial charge on any atom is -0.328 e. The molecule has 1 aromatic rings. The Morgan fingerprint density at radius 2 is 1.88 bits per heavy atom. The molecule has 1 rings (SSSR count). The van der Waals surface area contributed by atoms with E-state index in [2.05, 4.69) is 5.32 Å². The van der Waals surface area contributed by atoms with Crippen molar-refractivity contribution in [3.8, 4) is 0 Å². The molecule has 96 valence electrons. The van der Waals surface area contributed by atoms with Crippen LogP contribution in [0.4, 0.5) is 14.5 Å². The molecule has 0 saturated heterocycles. The van der Waals surface area contributed by atoms with Gasteiger partial charge in [0.2, 0.25) is 5.91 Å². The molecule has 0 bridgehead atoms. The molecule has 0 spiro atoms. The third-order valence-electron chi connectivity index (χ3n) is 1.97. The molecular weight excluding hydrogens is 250 g/mol. The van der Waals surface area contributed by atoms with Gasteiger partial charge in [-0.2, -0.15) is 0 Å². The van der Waals surface area contributed by atoms with E-state index >= 15 is 0 Å². The Morgan fingerprint density at radius 1 is 1.35 bits per heavy atom. The number of rotatable bonds is 4. The summed E-state index contributed by atoms with van der Waals surface area (Å²) in [5, 5.41) is 2.40. The quantitative estimate of drug-likeness (QED) is 0.878. The summed E-state index contributed by atoms with van der Waals surface area (Å²) < 4.78 is 25.6. The van der Waals surface area contributed by atoms with Gasteiger partial charge in [-0.1, -0.05) is 0 Å². The van der Waals surface area contributed by atoms with Crippen LogP contribution in [0.3, 0.4) is 0 Å². The van der Waals surface area contributed by atoms with Crippen LogP contribution in [-0.4, -0.2) is 11.9 Å². The average Bonchev–Trinajstić information content (AvgIpc) is 2.12. The van der Waals surface area contributed by atoms with E-state index in [-0.39, 0.29) is 36.5 Å². The van der Waals surface area contributed by atoms with Crippen molar-refractivity contribution < 1.29 is 13.6 Å². The fraction of sp³-hybridized carbons (Fsp3) is 0.364. The second kappa shape index (κ2) is 7.19. The third-order valence-corrected chi connectivity index (χ3v) is 1.97. The van der Waals surface area contributed by atoms with Crippen LogP contribution in [-0.2, 0) is 4.79 Å². The molecule has 0 fully saturated rings. The minimum absolute atomic E-state index is 0. The zero-order valence-electron chi connectivity index (χ0n) is 9.37. The molecular formula is C11H15ClF2N2O. The molecule has 1 amide bonds. The highest BCUT2D eigenvalue weighted by atomic mass is 35.5. The zero-order chi connectivity index (χ0) is 12.1. The minimum atomic E-state index is -0.720. The van der Waals surface area contributed by atoms with Gasteiger partial charge in [-0.15, -0.1) is 12.4 Å². The summed E-state index contributed by atoms with van der Waals surface area (Å²) in [7, 11) is 0. The Balaban J connectivity index is 0.00000256. The van der Waals surface area contributed by atoms with Crippen molar-refractivity contribution in [3.63, 3.8) is 0 Å². The average molecular weight is 265 g/mol. The molecule has 0 aliphatic carbocycles. The van der Waals surface area contributed by atoms with E-state index in [0.29, 0.717) is 6.42 Å². The van der Waals surface area contributed by atoms with Gasteiger partial charge < -0.3 is 11.1 Å². The molecule has 17 heavy (non-hydrogen) atoms. The smallest absolute Gasteiger partial charge is 0.224 e. The number of nitrogens with two attached hydrogens (primary N) is 1. The maximum absolute atomic E-state index is 12.8. The second-order valence-corrected chi connectivity index (χ2v) is 3.72. The molecule has 1 atom stereocenters. The van der Waals surface area contributed by atoms with E-state index in [1.54, 1.807) is 6.92 Å². The van der Waals surface area contributed by atoms with Crippen molar-refractivity contribution in [3.05, 3.63) is 29.8 Å². The number of anilines is 1. The summed E-state index contributed by atoms with van der Waals surface area (Å²) in [6.45, 7) is 1.79. The van der Waals surface area contributed by atoms with Crippen molar-refractivity contribution in [1.82, 2.24) is 0 Å². The van der Waals surface area contributed by atoms with E-state index in [0.717, 1.165) is 18.2 Å². The molecule has 0 aliphatic rings. The first-order valence-corrected chi connectivity index (χ1v) is 4.99. The second-order valence-electron chi connectivity index (χ2n) is 3.72.